The molecule has 0 aliphatic carbocycles. The van der Waals surface area contributed by atoms with E-state index in [4.69, 9.17) is 4.74 Å². The Morgan fingerprint density at radius 3 is 2.38 bits per heavy atom. The maximum Gasteiger partial charge on any atom is 0.261 e. The van der Waals surface area contributed by atoms with Crippen LogP contribution >= 0.6 is 0 Å². The van der Waals surface area contributed by atoms with Crippen molar-refractivity contribution >= 4 is 21.4 Å². The second kappa shape index (κ2) is 6.49. The van der Waals surface area contributed by atoms with Crippen molar-refractivity contribution in [2.75, 3.05) is 23.7 Å². The lowest BCUT2D eigenvalue weighted by molar-refractivity contribution is 0.340. The number of anilines is 2. The van der Waals surface area contributed by atoms with E-state index in [1.807, 2.05) is 6.92 Å². The zero-order valence-corrected chi connectivity index (χ0v) is 12.8. The quantitative estimate of drug-likeness (QED) is 0.861. The SMILES string of the molecule is CCOc1cccc(NS(=O)(=O)c2ccc(NC)cc2)c1. The Kier molecular flexibility index (Phi) is 4.70. The van der Waals surface area contributed by atoms with Gasteiger partial charge in [0.2, 0.25) is 0 Å². The summed E-state index contributed by atoms with van der Waals surface area (Å²) in [6.45, 7) is 2.40. The van der Waals surface area contributed by atoms with Gasteiger partial charge < -0.3 is 10.1 Å². The maximum absolute atomic E-state index is 12.3. The molecule has 21 heavy (non-hydrogen) atoms. The lowest BCUT2D eigenvalue weighted by Crippen LogP contribution is -2.13. The van der Waals surface area contributed by atoms with Crippen LogP contribution in [-0.2, 0) is 10.0 Å². The molecule has 0 aromatic heterocycles. The topological polar surface area (TPSA) is 67.4 Å². The zero-order chi connectivity index (χ0) is 15.3. The van der Waals surface area contributed by atoms with E-state index in [0.717, 1.165) is 5.69 Å². The molecule has 2 N–H and O–H groups in total. The summed E-state index contributed by atoms with van der Waals surface area (Å²) in [6.07, 6.45) is 0. The number of benzene rings is 2. The molecule has 0 aliphatic heterocycles. The van der Waals surface area contributed by atoms with Gasteiger partial charge in [-0.05, 0) is 43.3 Å². The van der Waals surface area contributed by atoms with Crippen molar-refractivity contribution in [1.29, 1.82) is 0 Å². The van der Waals surface area contributed by atoms with Crippen LogP contribution in [0.3, 0.4) is 0 Å². The van der Waals surface area contributed by atoms with E-state index >= 15 is 0 Å². The molecule has 0 radical (unpaired) electrons. The van der Waals surface area contributed by atoms with E-state index < -0.39 is 10.0 Å². The van der Waals surface area contributed by atoms with Crippen LogP contribution in [0.1, 0.15) is 6.92 Å². The minimum Gasteiger partial charge on any atom is -0.494 e. The van der Waals surface area contributed by atoms with E-state index in [-0.39, 0.29) is 4.90 Å². The molecule has 5 nitrogen and oxygen atoms in total. The standard InChI is InChI=1S/C15H18N2O3S/c1-3-20-14-6-4-5-13(11-14)17-21(18,19)15-9-7-12(16-2)8-10-15/h4-11,16-17H,3H2,1-2H3. The number of hydrogen-bond acceptors (Lipinski definition) is 4. The summed E-state index contributed by atoms with van der Waals surface area (Å²) in [7, 11) is -1.82. The Balaban J connectivity index is 2.21. The van der Waals surface area contributed by atoms with E-state index in [1.165, 1.54) is 0 Å². The third kappa shape index (κ3) is 3.88. The van der Waals surface area contributed by atoms with Crippen molar-refractivity contribution in [2.45, 2.75) is 11.8 Å². The van der Waals surface area contributed by atoms with Crippen molar-refractivity contribution in [3.05, 3.63) is 48.5 Å². The number of sulfonamides is 1. The van der Waals surface area contributed by atoms with Crippen LogP contribution in [0.2, 0.25) is 0 Å². The fraction of sp³-hybridized carbons (Fsp3) is 0.200. The van der Waals surface area contributed by atoms with Crippen LogP contribution in [0, 0.1) is 0 Å². The summed E-state index contributed by atoms with van der Waals surface area (Å²) < 4.78 is 32.5. The fourth-order valence-electron chi connectivity index (χ4n) is 1.83. The van der Waals surface area contributed by atoms with E-state index in [0.29, 0.717) is 18.0 Å². The first-order chi connectivity index (χ1) is 10.0. The monoisotopic (exact) mass is 306 g/mol. The Hall–Kier alpha value is -2.21. The van der Waals surface area contributed by atoms with Gasteiger partial charge in [0.25, 0.3) is 10.0 Å². The number of ether oxygens (including phenoxy) is 1. The van der Waals surface area contributed by atoms with Crippen molar-refractivity contribution < 1.29 is 13.2 Å². The summed E-state index contributed by atoms with van der Waals surface area (Å²) in [5.74, 6) is 0.628. The first-order valence-electron chi connectivity index (χ1n) is 6.58. The maximum atomic E-state index is 12.3. The molecule has 0 heterocycles. The van der Waals surface area contributed by atoms with Crippen LogP contribution in [0.15, 0.2) is 53.4 Å². The van der Waals surface area contributed by atoms with Crippen LogP contribution in [-0.4, -0.2) is 22.1 Å². The molecule has 0 unspecified atom stereocenters. The van der Waals surface area contributed by atoms with Gasteiger partial charge in [0.15, 0.2) is 0 Å². The third-order valence-corrected chi connectivity index (χ3v) is 4.25. The Morgan fingerprint density at radius 1 is 1.05 bits per heavy atom. The second-order valence-electron chi connectivity index (χ2n) is 4.34. The van der Waals surface area contributed by atoms with Gasteiger partial charge in [0, 0.05) is 18.8 Å². The minimum absolute atomic E-state index is 0.211. The highest BCUT2D eigenvalue weighted by atomic mass is 32.2. The molecule has 0 aliphatic rings. The van der Waals surface area contributed by atoms with E-state index in [2.05, 4.69) is 10.0 Å². The van der Waals surface area contributed by atoms with Gasteiger partial charge in [-0.25, -0.2) is 8.42 Å². The summed E-state index contributed by atoms with van der Waals surface area (Å²) >= 11 is 0. The summed E-state index contributed by atoms with van der Waals surface area (Å²) in [6, 6.07) is 13.4. The molecule has 0 spiro atoms. The number of nitrogens with one attached hydrogen (secondary N) is 2. The molecule has 112 valence electrons. The van der Waals surface area contributed by atoms with Crippen molar-refractivity contribution in [3.63, 3.8) is 0 Å². The predicted molar refractivity (Wildman–Crippen MR) is 84.4 cm³/mol. The Labute approximate surface area is 125 Å². The molecule has 2 rings (SSSR count). The Morgan fingerprint density at radius 2 is 1.76 bits per heavy atom. The summed E-state index contributed by atoms with van der Waals surface area (Å²) in [5.41, 5.74) is 1.32. The van der Waals surface area contributed by atoms with Gasteiger partial charge in [0.05, 0.1) is 17.2 Å². The highest BCUT2D eigenvalue weighted by molar-refractivity contribution is 7.92. The van der Waals surface area contributed by atoms with E-state index in [1.54, 1.807) is 55.6 Å². The highest BCUT2D eigenvalue weighted by Gasteiger charge is 2.14. The Bertz CT molecular complexity index is 697. The molecular weight excluding hydrogens is 288 g/mol. The lowest BCUT2D eigenvalue weighted by atomic mass is 10.3. The van der Waals surface area contributed by atoms with Gasteiger partial charge >= 0.3 is 0 Å². The summed E-state index contributed by atoms with van der Waals surface area (Å²) in [4.78, 5) is 0.211. The molecule has 0 atom stereocenters. The first-order valence-corrected chi connectivity index (χ1v) is 8.07. The molecule has 0 amide bonds. The molecule has 0 saturated carbocycles. The van der Waals surface area contributed by atoms with Crippen LogP contribution in [0.5, 0.6) is 5.75 Å². The predicted octanol–water partition coefficient (Wildman–Crippen LogP) is 2.93. The smallest absolute Gasteiger partial charge is 0.261 e. The molecule has 6 heteroatoms. The van der Waals surface area contributed by atoms with Crippen molar-refractivity contribution in [1.82, 2.24) is 0 Å². The molecule has 2 aromatic carbocycles. The highest BCUT2D eigenvalue weighted by Crippen LogP contribution is 2.21. The van der Waals surface area contributed by atoms with Gasteiger partial charge in [0.1, 0.15) is 5.75 Å². The minimum atomic E-state index is -3.60. The number of hydrogen-bond donors (Lipinski definition) is 2. The fourth-order valence-corrected chi connectivity index (χ4v) is 2.88. The number of rotatable bonds is 6. The molecule has 0 saturated heterocycles. The normalized spacial score (nSPS) is 11.0. The largest absolute Gasteiger partial charge is 0.494 e. The molecule has 2 aromatic rings. The van der Waals surface area contributed by atoms with Gasteiger partial charge in [-0.15, -0.1) is 0 Å². The molecule has 0 bridgehead atoms. The van der Waals surface area contributed by atoms with Gasteiger partial charge in [-0.2, -0.15) is 0 Å². The average molecular weight is 306 g/mol. The van der Waals surface area contributed by atoms with Crippen LogP contribution in [0.25, 0.3) is 0 Å². The van der Waals surface area contributed by atoms with E-state index in [9.17, 15) is 8.42 Å². The second-order valence-corrected chi connectivity index (χ2v) is 6.02. The molecular formula is C15H18N2O3S. The van der Waals surface area contributed by atoms with Crippen LogP contribution < -0.4 is 14.8 Å². The van der Waals surface area contributed by atoms with Crippen LogP contribution in [0.4, 0.5) is 11.4 Å². The van der Waals surface area contributed by atoms with Crippen molar-refractivity contribution in [3.8, 4) is 5.75 Å². The van der Waals surface area contributed by atoms with Gasteiger partial charge in [-0.3, -0.25) is 4.72 Å². The van der Waals surface area contributed by atoms with Crippen molar-refractivity contribution in [2.24, 2.45) is 0 Å². The molecule has 0 fully saturated rings. The third-order valence-electron chi connectivity index (χ3n) is 2.85. The zero-order valence-electron chi connectivity index (χ0n) is 12.0. The summed E-state index contributed by atoms with van der Waals surface area (Å²) in [5, 5.41) is 2.95. The average Bonchev–Trinajstić information content (AvgIpc) is 2.47. The first kappa shape index (κ1) is 15.2. The lowest BCUT2D eigenvalue weighted by Gasteiger charge is -2.10. The van der Waals surface area contributed by atoms with Gasteiger partial charge in [-0.1, -0.05) is 6.07 Å².